The van der Waals surface area contributed by atoms with E-state index >= 15 is 0 Å². The van der Waals surface area contributed by atoms with Crippen LogP contribution in [0.25, 0.3) is 0 Å². The molecule has 0 saturated heterocycles. The second kappa shape index (κ2) is 9.50. The van der Waals surface area contributed by atoms with E-state index in [1.54, 1.807) is 6.92 Å². The molecule has 0 aliphatic heterocycles. The van der Waals surface area contributed by atoms with Gasteiger partial charge in [0.2, 0.25) is 5.91 Å². The molecule has 0 radical (unpaired) electrons. The zero-order chi connectivity index (χ0) is 20.7. The van der Waals surface area contributed by atoms with Gasteiger partial charge in [-0.25, -0.2) is 0 Å². The van der Waals surface area contributed by atoms with Gasteiger partial charge in [0.15, 0.2) is 0 Å². The van der Waals surface area contributed by atoms with Crippen LogP contribution in [-0.4, -0.2) is 17.2 Å². The lowest BCUT2D eigenvalue weighted by Crippen LogP contribution is -2.50. The van der Waals surface area contributed by atoms with E-state index < -0.39 is 11.8 Å². The van der Waals surface area contributed by atoms with E-state index in [2.05, 4.69) is 41.7 Å². The van der Waals surface area contributed by atoms with Gasteiger partial charge in [-0.2, -0.15) is 0 Å². The first-order chi connectivity index (χ1) is 14.0. The predicted octanol–water partition coefficient (Wildman–Crippen LogP) is 3.79. The monoisotopic (exact) mass is 388 g/mol. The van der Waals surface area contributed by atoms with Crippen LogP contribution in [0.3, 0.4) is 0 Å². The summed E-state index contributed by atoms with van der Waals surface area (Å²) in [7, 11) is 0. The van der Waals surface area contributed by atoms with Crippen molar-refractivity contribution < 1.29 is 9.90 Å². The van der Waals surface area contributed by atoms with Gasteiger partial charge >= 0.3 is 0 Å². The van der Waals surface area contributed by atoms with Gasteiger partial charge < -0.3 is 10.8 Å². The molecule has 0 heterocycles. The molecule has 0 fully saturated rings. The molecule has 2 atom stereocenters. The van der Waals surface area contributed by atoms with Crippen LogP contribution in [0.1, 0.15) is 36.5 Å². The number of rotatable bonds is 9. The average molecular weight is 389 g/mol. The maximum atomic E-state index is 11.4. The second-order valence-corrected chi connectivity index (χ2v) is 7.39. The summed E-state index contributed by atoms with van der Waals surface area (Å²) >= 11 is 0. The summed E-state index contributed by atoms with van der Waals surface area (Å²) in [6.07, 6.45) is 0.105. The molecule has 0 bridgehead atoms. The van der Waals surface area contributed by atoms with Crippen molar-refractivity contribution in [3.8, 4) is 0 Å². The molecule has 0 aromatic heterocycles. The second-order valence-electron chi connectivity index (χ2n) is 7.39. The first-order valence-electron chi connectivity index (χ1n) is 9.95. The maximum absolute atomic E-state index is 11.4. The Hall–Kier alpha value is -2.95. The number of primary amides is 1. The fraction of sp³-hybridized carbons (Fsp3) is 0.240. The van der Waals surface area contributed by atoms with Gasteiger partial charge in [-0.15, -0.1) is 0 Å². The van der Waals surface area contributed by atoms with Crippen molar-refractivity contribution >= 4 is 5.91 Å². The van der Waals surface area contributed by atoms with Gasteiger partial charge in [0.25, 0.3) is 0 Å². The highest BCUT2D eigenvalue weighted by Crippen LogP contribution is 2.37. The molecule has 3 aromatic rings. The van der Waals surface area contributed by atoms with Crippen LogP contribution in [0, 0.1) is 5.92 Å². The molecule has 0 aliphatic rings. The topological polar surface area (TPSA) is 75.3 Å². The van der Waals surface area contributed by atoms with Crippen molar-refractivity contribution in [1.82, 2.24) is 5.32 Å². The lowest BCUT2D eigenvalue weighted by Gasteiger charge is -2.39. The first kappa shape index (κ1) is 20.8. The molecule has 29 heavy (non-hydrogen) atoms. The molecule has 3 aromatic carbocycles. The zero-order valence-electron chi connectivity index (χ0n) is 16.7. The Labute approximate surface area is 172 Å². The van der Waals surface area contributed by atoms with Crippen LogP contribution in [0.4, 0.5) is 0 Å². The number of hydrogen-bond donors (Lipinski definition) is 3. The van der Waals surface area contributed by atoms with Gasteiger partial charge in [0.1, 0.15) is 6.23 Å². The largest absolute Gasteiger partial charge is 0.379 e. The molecule has 0 aliphatic carbocycles. The number of hydrogen-bond acceptors (Lipinski definition) is 3. The highest BCUT2D eigenvalue weighted by Gasteiger charge is 2.37. The number of carbonyl (C=O) groups is 1. The predicted molar refractivity (Wildman–Crippen MR) is 116 cm³/mol. The van der Waals surface area contributed by atoms with Gasteiger partial charge in [-0.1, -0.05) is 97.9 Å². The normalized spacial score (nSPS) is 13.6. The SMILES string of the molecule is CC(CCC(O)NC(c1ccccc1)(c1ccccc1)c1ccccc1)C(N)=O. The third-order valence-electron chi connectivity index (χ3n) is 5.36. The molecular weight excluding hydrogens is 360 g/mol. The molecule has 150 valence electrons. The van der Waals surface area contributed by atoms with Crippen molar-refractivity contribution in [3.63, 3.8) is 0 Å². The minimum Gasteiger partial charge on any atom is -0.379 e. The molecule has 0 saturated carbocycles. The minimum atomic E-state index is -0.822. The number of nitrogens with two attached hydrogens (primary N) is 1. The van der Waals surface area contributed by atoms with Gasteiger partial charge in [-0.05, 0) is 29.5 Å². The highest BCUT2D eigenvalue weighted by molar-refractivity contribution is 5.76. The Morgan fingerprint density at radius 3 is 1.55 bits per heavy atom. The van der Waals surface area contributed by atoms with E-state index in [0.717, 1.165) is 16.7 Å². The summed E-state index contributed by atoms with van der Waals surface area (Å²) in [6.45, 7) is 1.79. The van der Waals surface area contributed by atoms with Crippen LogP contribution in [-0.2, 0) is 10.3 Å². The van der Waals surface area contributed by atoms with Crippen LogP contribution < -0.4 is 11.1 Å². The van der Waals surface area contributed by atoms with E-state index in [4.69, 9.17) is 5.73 Å². The summed E-state index contributed by atoms with van der Waals surface area (Å²) in [4.78, 5) is 11.4. The maximum Gasteiger partial charge on any atom is 0.220 e. The van der Waals surface area contributed by atoms with Crippen LogP contribution in [0.5, 0.6) is 0 Å². The Bertz CT molecular complexity index is 801. The number of benzene rings is 3. The molecular formula is C25H28N2O2. The van der Waals surface area contributed by atoms with Crippen molar-refractivity contribution in [1.29, 1.82) is 0 Å². The zero-order valence-corrected chi connectivity index (χ0v) is 16.7. The summed E-state index contributed by atoms with van der Waals surface area (Å²) in [5.41, 5.74) is 7.73. The van der Waals surface area contributed by atoms with Crippen LogP contribution in [0.2, 0.25) is 0 Å². The van der Waals surface area contributed by atoms with Gasteiger partial charge in [0, 0.05) is 5.92 Å². The molecule has 2 unspecified atom stereocenters. The Balaban J connectivity index is 2.06. The van der Waals surface area contributed by atoms with Gasteiger partial charge in [-0.3, -0.25) is 10.1 Å². The standard InChI is InChI=1S/C25H28N2O2/c1-19(24(26)29)17-18-23(28)27-25(20-11-5-2-6-12-20,21-13-7-3-8-14-21)22-15-9-4-10-16-22/h2-16,19,23,27-28H,17-18H2,1H3,(H2,26,29). The first-order valence-corrected chi connectivity index (χ1v) is 9.95. The summed E-state index contributed by atoms with van der Waals surface area (Å²) < 4.78 is 0. The average Bonchev–Trinajstić information content (AvgIpc) is 2.77. The number of nitrogens with one attached hydrogen (secondary N) is 1. The quantitative estimate of drug-likeness (QED) is 0.386. The van der Waals surface area contributed by atoms with E-state index in [1.165, 1.54) is 0 Å². The summed E-state index contributed by atoms with van der Waals surface area (Å²) in [6, 6.07) is 30.3. The molecule has 0 spiro atoms. The Morgan fingerprint density at radius 2 is 1.21 bits per heavy atom. The van der Waals surface area contributed by atoms with E-state index in [0.29, 0.717) is 12.8 Å². The number of carbonyl (C=O) groups excluding carboxylic acids is 1. The van der Waals surface area contributed by atoms with E-state index in [9.17, 15) is 9.90 Å². The minimum absolute atomic E-state index is 0.286. The van der Waals surface area contributed by atoms with Crippen LogP contribution >= 0.6 is 0 Å². The number of amides is 1. The molecule has 4 nitrogen and oxygen atoms in total. The molecule has 3 rings (SSSR count). The summed E-state index contributed by atoms with van der Waals surface area (Å²) in [5.74, 6) is -0.635. The third kappa shape index (κ3) is 4.73. The smallest absolute Gasteiger partial charge is 0.220 e. The molecule has 4 N–H and O–H groups in total. The highest BCUT2D eigenvalue weighted by atomic mass is 16.3. The van der Waals surface area contributed by atoms with Crippen molar-refractivity contribution in [3.05, 3.63) is 108 Å². The lowest BCUT2D eigenvalue weighted by atomic mass is 9.76. The van der Waals surface area contributed by atoms with E-state index in [-0.39, 0.29) is 11.8 Å². The molecule has 4 heteroatoms. The Morgan fingerprint density at radius 1 is 0.828 bits per heavy atom. The third-order valence-corrected chi connectivity index (χ3v) is 5.36. The fourth-order valence-corrected chi connectivity index (χ4v) is 3.69. The van der Waals surface area contributed by atoms with Crippen molar-refractivity contribution in [2.45, 2.75) is 31.5 Å². The van der Waals surface area contributed by atoms with Gasteiger partial charge in [0.05, 0.1) is 5.54 Å². The van der Waals surface area contributed by atoms with Crippen LogP contribution in [0.15, 0.2) is 91.0 Å². The van der Waals surface area contributed by atoms with Crippen molar-refractivity contribution in [2.24, 2.45) is 11.7 Å². The summed E-state index contributed by atoms with van der Waals surface area (Å²) in [5, 5.41) is 14.4. The number of aliphatic hydroxyl groups excluding tert-OH is 1. The fourth-order valence-electron chi connectivity index (χ4n) is 3.69. The van der Waals surface area contributed by atoms with Crippen molar-refractivity contribution in [2.75, 3.05) is 0 Å². The lowest BCUT2D eigenvalue weighted by molar-refractivity contribution is -0.121. The number of aliphatic hydroxyl groups is 1. The molecule has 1 amide bonds. The van der Waals surface area contributed by atoms with E-state index in [1.807, 2.05) is 54.6 Å². The Kier molecular flexibility index (Phi) is 6.81.